The molecule has 3 nitrogen and oxygen atoms in total. The fourth-order valence-corrected chi connectivity index (χ4v) is 2.37. The maximum absolute atomic E-state index is 6.10. The second kappa shape index (κ2) is 3.59. The third kappa shape index (κ3) is 1.52. The van der Waals surface area contributed by atoms with Gasteiger partial charge in [0.05, 0.1) is 0 Å². The lowest BCUT2D eigenvalue weighted by atomic mass is 9.99. The number of rotatable bonds is 0. The molecule has 84 valence electrons. The minimum atomic E-state index is -0.300. The molecule has 0 atom stereocenters. The van der Waals surface area contributed by atoms with Gasteiger partial charge < -0.3 is 10.1 Å². The van der Waals surface area contributed by atoms with E-state index in [1.807, 2.05) is 18.3 Å². The maximum Gasteiger partial charge on any atom is 0.202 e. The molecule has 1 saturated heterocycles. The number of hydrogen-bond acceptors (Lipinski definition) is 3. The van der Waals surface area contributed by atoms with Gasteiger partial charge in [0.15, 0.2) is 0 Å². The Balaban J connectivity index is 1.97. The lowest BCUT2D eigenvalue weighted by molar-refractivity contribution is 0.0429. The topological polar surface area (TPSA) is 33.6 Å². The van der Waals surface area contributed by atoms with Crippen molar-refractivity contribution in [2.24, 2.45) is 4.99 Å². The lowest BCUT2D eigenvalue weighted by Gasteiger charge is -2.37. The Labute approximate surface area is 95.5 Å². The van der Waals surface area contributed by atoms with E-state index in [9.17, 15) is 0 Å². The highest BCUT2D eigenvalue weighted by atomic mass is 16.5. The fourth-order valence-electron chi connectivity index (χ4n) is 2.37. The molecule has 3 heteroatoms. The monoisotopic (exact) mass is 216 g/mol. The van der Waals surface area contributed by atoms with Crippen LogP contribution in [0, 0.1) is 6.92 Å². The molecule has 0 amide bonds. The van der Waals surface area contributed by atoms with E-state index in [0.717, 1.165) is 37.2 Å². The SMILES string of the molecule is Cc1cccc2c1C=NC1(CCNCC1)O2. The van der Waals surface area contributed by atoms with Crippen LogP contribution >= 0.6 is 0 Å². The minimum Gasteiger partial charge on any atom is -0.465 e. The largest absolute Gasteiger partial charge is 0.465 e. The zero-order valence-electron chi connectivity index (χ0n) is 9.49. The Morgan fingerprint density at radius 2 is 2.12 bits per heavy atom. The molecule has 1 fully saturated rings. The van der Waals surface area contributed by atoms with Gasteiger partial charge in [0.25, 0.3) is 0 Å². The van der Waals surface area contributed by atoms with Crippen molar-refractivity contribution in [2.75, 3.05) is 13.1 Å². The molecule has 1 N–H and O–H groups in total. The first-order chi connectivity index (χ1) is 7.79. The van der Waals surface area contributed by atoms with Gasteiger partial charge in [-0.15, -0.1) is 0 Å². The quantitative estimate of drug-likeness (QED) is 0.718. The minimum absolute atomic E-state index is 0.300. The lowest BCUT2D eigenvalue weighted by Crippen LogP contribution is -2.46. The number of nitrogens with one attached hydrogen (secondary N) is 1. The van der Waals surface area contributed by atoms with Gasteiger partial charge in [0, 0.05) is 37.7 Å². The first-order valence-electron chi connectivity index (χ1n) is 5.84. The normalized spacial score (nSPS) is 21.6. The molecule has 2 aliphatic heterocycles. The first kappa shape index (κ1) is 9.85. The van der Waals surface area contributed by atoms with E-state index in [4.69, 9.17) is 4.74 Å². The molecular weight excluding hydrogens is 200 g/mol. The van der Waals surface area contributed by atoms with E-state index < -0.39 is 0 Å². The Kier molecular flexibility index (Phi) is 2.21. The number of benzene rings is 1. The van der Waals surface area contributed by atoms with E-state index in [-0.39, 0.29) is 5.72 Å². The highest BCUT2D eigenvalue weighted by Crippen LogP contribution is 2.34. The highest BCUT2D eigenvalue weighted by molar-refractivity contribution is 5.86. The van der Waals surface area contributed by atoms with Crippen molar-refractivity contribution in [1.29, 1.82) is 0 Å². The molecule has 16 heavy (non-hydrogen) atoms. The van der Waals surface area contributed by atoms with E-state index in [1.165, 1.54) is 5.56 Å². The van der Waals surface area contributed by atoms with Crippen molar-refractivity contribution < 1.29 is 4.74 Å². The van der Waals surface area contributed by atoms with Crippen molar-refractivity contribution in [3.63, 3.8) is 0 Å². The van der Waals surface area contributed by atoms with Crippen LogP contribution in [0.5, 0.6) is 5.75 Å². The van der Waals surface area contributed by atoms with Crippen LogP contribution in [-0.4, -0.2) is 25.0 Å². The summed E-state index contributed by atoms with van der Waals surface area (Å²) >= 11 is 0. The Morgan fingerprint density at radius 3 is 2.94 bits per heavy atom. The molecule has 1 spiro atoms. The molecule has 2 heterocycles. The zero-order chi connectivity index (χ0) is 11.0. The number of piperidine rings is 1. The van der Waals surface area contributed by atoms with Crippen LogP contribution in [0.1, 0.15) is 24.0 Å². The van der Waals surface area contributed by atoms with E-state index >= 15 is 0 Å². The molecular formula is C13H16N2O. The van der Waals surface area contributed by atoms with Gasteiger partial charge in [0.1, 0.15) is 5.75 Å². The number of fused-ring (bicyclic) bond motifs is 1. The Bertz CT molecular complexity index is 434. The summed E-state index contributed by atoms with van der Waals surface area (Å²) in [5, 5.41) is 3.34. The molecule has 1 aromatic rings. The van der Waals surface area contributed by atoms with Crippen molar-refractivity contribution >= 4 is 6.21 Å². The van der Waals surface area contributed by atoms with Crippen LogP contribution in [0.2, 0.25) is 0 Å². The van der Waals surface area contributed by atoms with Crippen LogP contribution in [0.3, 0.4) is 0 Å². The molecule has 0 saturated carbocycles. The van der Waals surface area contributed by atoms with Crippen molar-refractivity contribution in [2.45, 2.75) is 25.5 Å². The van der Waals surface area contributed by atoms with E-state index in [2.05, 4.69) is 23.3 Å². The zero-order valence-corrected chi connectivity index (χ0v) is 9.49. The molecule has 1 aromatic carbocycles. The molecule has 3 rings (SSSR count). The summed E-state index contributed by atoms with van der Waals surface area (Å²) < 4.78 is 6.10. The van der Waals surface area contributed by atoms with Crippen molar-refractivity contribution in [3.8, 4) is 5.75 Å². The summed E-state index contributed by atoms with van der Waals surface area (Å²) in [5.41, 5.74) is 2.06. The fraction of sp³-hybridized carbons (Fsp3) is 0.462. The average Bonchev–Trinajstić information content (AvgIpc) is 2.30. The summed E-state index contributed by atoms with van der Waals surface area (Å²) in [6, 6.07) is 6.17. The van der Waals surface area contributed by atoms with E-state index in [1.54, 1.807) is 0 Å². The maximum atomic E-state index is 6.10. The summed E-state index contributed by atoms with van der Waals surface area (Å²) in [5.74, 6) is 0.983. The number of nitrogens with zero attached hydrogens (tertiary/aromatic N) is 1. The third-order valence-corrected chi connectivity index (χ3v) is 3.40. The number of ether oxygens (including phenoxy) is 1. The van der Waals surface area contributed by atoms with Gasteiger partial charge in [-0.3, -0.25) is 0 Å². The standard InChI is InChI=1S/C13H16N2O/c1-10-3-2-4-12-11(10)9-15-13(16-12)5-7-14-8-6-13/h2-4,9,14H,5-8H2,1H3. The van der Waals surface area contributed by atoms with Gasteiger partial charge in [-0.2, -0.15) is 0 Å². The third-order valence-electron chi connectivity index (χ3n) is 3.40. The van der Waals surface area contributed by atoms with Crippen molar-refractivity contribution in [1.82, 2.24) is 5.32 Å². The highest BCUT2D eigenvalue weighted by Gasteiger charge is 2.35. The van der Waals surface area contributed by atoms with Crippen LogP contribution in [-0.2, 0) is 0 Å². The predicted molar refractivity (Wildman–Crippen MR) is 64.2 cm³/mol. The first-order valence-corrected chi connectivity index (χ1v) is 5.84. The van der Waals surface area contributed by atoms with Crippen LogP contribution in [0.4, 0.5) is 0 Å². The molecule has 0 aliphatic carbocycles. The Morgan fingerprint density at radius 1 is 1.31 bits per heavy atom. The summed E-state index contributed by atoms with van der Waals surface area (Å²) in [6.45, 7) is 4.06. The second-order valence-electron chi connectivity index (χ2n) is 4.54. The van der Waals surface area contributed by atoms with Crippen LogP contribution in [0.25, 0.3) is 0 Å². The number of hydrogen-bond donors (Lipinski definition) is 1. The van der Waals surface area contributed by atoms with Gasteiger partial charge in [-0.1, -0.05) is 12.1 Å². The van der Waals surface area contributed by atoms with Crippen LogP contribution < -0.4 is 10.1 Å². The van der Waals surface area contributed by atoms with E-state index in [0.29, 0.717) is 0 Å². The Hall–Kier alpha value is -1.35. The van der Waals surface area contributed by atoms with Crippen molar-refractivity contribution in [3.05, 3.63) is 29.3 Å². The molecule has 0 radical (unpaired) electrons. The van der Waals surface area contributed by atoms with Crippen LogP contribution in [0.15, 0.2) is 23.2 Å². The molecule has 2 aliphatic rings. The summed E-state index contributed by atoms with van der Waals surface area (Å²) in [6.07, 6.45) is 3.90. The average molecular weight is 216 g/mol. The molecule has 0 unspecified atom stereocenters. The van der Waals surface area contributed by atoms with Gasteiger partial charge in [0.2, 0.25) is 5.72 Å². The number of aryl methyl sites for hydroxylation is 1. The summed E-state index contributed by atoms with van der Waals surface area (Å²) in [4.78, 5) is 4.64. The predicted octanol–water partition coefficient (Wildman–Crippen LogP) is 1.89. The van der Waals surface area contributed by atoms with Gasteiger partial charge >= 0.3 is 0 Å². The van der Waals surface area contributed by atoms with Gasteiger partial charge in [-0.25, -0.2) is 4.99 Å². The second-order valence-corrected chi connectivity index (χ2v) is 4.54. The molecule has 0 bridgehead atoms. The smallest absolute Gasteiger partial charge is 0.202 e. The number of aliphatic imine (C=N–C) groups is 1. The summed E-state index contributed by atoms with van der Waals surface area (Å²) in [7, 11) is 0. The molecule has 0 aromatic heterocycles. The van der Waals surface area contributed by atoms with Gasteiger partial charge in [-0.05, 0) is 18.6 Å².